The van der Waals surface area contributed by atoms with Gasteiger partial charge in [-0.15, -0.1) is 0 Å². The van der Waals surface area contributed by atoms with Gasteiger partial charge in [0.2, 0.25) is 5.91 Å². The van der Waals surface area contributed by atoms with E-state index in [1.165, 1.54) is 31.0 Å². The maximum Gasteiger partial charge on any atom is 0.270 e. The van der Waals surface area contributed by atoms with Gasteiger partial charge in [-0.25, -0.2) is 4.39 Å². The number of non-ortho nitro benzene ring substituents is 1. The van der Waals surface area contributed by atoms with E-state index in [2.05, 4.69) is 14.8 Å². The second-order valence-electron chi connectivity index (χ2n) is 9.86. The van der Waals surface area contributed by atoms with Crippen molar-refractivity contribution in [2.45, 2.75) is 31.7 Å². The lowest BCUT2D eigenvalue weighted by Gasteiger charge is -2.19. The lowest BCUT2D eigenvalue weighted by atomic mass is 9.88. The molecule has 0 radical (unpaired) electrons. The highest BCUT2D eigenvalue weighted by atomic mass is 19.1. The minimum Gasteiger partial charge on any atom is -0.355 e. The molecule has 1 atom stereocenters. The summed E-state index contributed by atoms with van der Waals surface area (Å²) in [6.45, 7) is 4.08. The van der Waals surface area contributed by atoms with Gasteiger partial charge >= 0.3 is 0 Å². The molecular formula is C30H31FN4O3. The van der Waals surface area contributed by atoms with Crippen molar-refractivity contribution in [1.82, 2.24) is 14.8 Å². The van der Waals surface area contributed by atoms with Crippen molar-refractivity contribution in [3.05, 3.63) is 112 Å². The molecular weight excluding hydrogens is 483 g/mol. The Balaban J connectivity index is 1.50. The summed E-state index contributed by atoms with van der Waals surface area (Å²) in [7, 11) is 0. The largest absolute Gasteiger partial charge is 0.355 e. The quantitative estimate of drug-likeness (QED) is 0.225. The number of aromatic nitrogens is 1. The first-order valence-electron chi connectivity index (χ1n) is 13.0. The number of carbonyl (C=O) groups is 1. The SMILES string of the molecule is O=C(C[C@H](c1ccc(F)cc1)c1cn(Cc2ccccc2)c2ccc([N+](=O)[O-])cc12)NCCN1CCCC1. The Hall–Kier alpha value is -4.04. The monoisotopic (exact) mass is 514 g/mol. The van der Waals surface area contributed by atoms with E-state index in [0.29, 0.717) is 18.5 Å². The smallest absolute Gasteiger partial charge is 0.270 e. The summed E-state index contributed by atoms with van der Waals surface area (Å²) in [5.74, 6) is -0.860. The minimum absolute atomic E-state index is 0.0101. The number of likely N-dealkylation sites (tertiary alicyclic amines) is 1. The molecule has 196 valence electrons. The van der Waals surface area contributed by atoms with Crippen molar-refractivity contribution in [2.75, 3.05) is 26.2 Å². The van der Waals surface area contributed by atoms with Crippen LogP contribution in [0.3, 0.4) is 0 Å². The first-order chi connectivity index (χ1) is 18.5. The summed E-state index contributed by atoms with van der Waals surface area (Å²) >= 11 is 0. The molecule has 1 aliphatic heterocycles. The summed E-state index contributed by atoms with van der Waals surface area (Å²) in [4.78, 5) is 26.7. The maximum atomic E-state index is 13.8. The third-order valence-corrected chi connectivity index (χ3v) is 7.29. The molecule has 1 aromatic heterocycles. The van der Waals surface area contributed by atoms with Gasteiger partial charge in [-0.1, -0.05) is 42.5 Å². The number of halogens is 1. The molecule has 1 fully saturated rings. The van der Waals surface area contributed by atoms with Gasteiger partial charge in [0, 0.05) is 61.2 Å². The normalized spacial score (nSPS) is 14.6. The van der Waals surface area contributed by atoms with Crippen molar-refractivity contribution in [3.8, 4) is 0 Å². The fourth-order valence-corrected chi connectivity index (χ4v) is 5.33. The Kier molecular flexibility index (Phi) is 7.79. The van der Waals surface area contributed by atoms with Crippen LogP contribution in [0, 0.1) is 15.9 Å². The topological polar surface area (TPSA) is 80.4 Å². The van der Waals surface area contributed by atoms with Crippen molar-refractivity contribution in [2.24, 2.45) is 0 Å². The number of benzene rings is 3. The minimum atomic E-state index is -0.407. The van der Waals surface area contributed by atoms with Gasteiger partial charge in [0.05, 0.1) is 4.92 Å². The molecule has 7 nitrogen and oxygen atoms in total. The number of nitro benzene ring substituents is 1. The predicted molar refractivity (Wildman–Crippen MR) is 146 cm³/mol. The molecule has 1 aliphatic rings. The van der Waals surface area contributed by atoms with Gasteiger partial charge < -0.3 is 14.8 Å². The molecule has 0 spiro atoms. The molecule has 5 rings (SSSR count). The van der Waals surface area contributed by atoms with Crippen LogP contribution < -0.4 is 5.32 Å². The summed E-state index contributed by atoms with van der Waals surface area (Å²) < 4.78 is 15.9. The number of amides is 1. The van der Waals surface area contributed by atoms with E-state index in [9.17, 15) is 19.3 Å². The van der Waals surface area contributed by atoms with E-state index < -0.39 is 10.8 Å². The maximum absolute atomic E-state index is 13.8. The van der Waals surface area contributed by atoms with Gasteiger partial charge in [-0.3, -0.25) is 14.9 Å². The zero-order valence-electron chi connectivity index (χ0n) is 21.2. The molecule has 1 saturated heterocycles. The highest BCUT2D eigenvalue weighted by Gasteiger charge is 2.24. The number of nitro groups is 1. The van der Waals surface area contributed by atoms with Crippen molar-refractivity contribution >= 4 is 22.5 Å². The Bertz CT molecular complexity index is 1410. The van der Waals surface area contributed by atoms with Gasteiger partial charge in [-0.05, 0) is 60.8 Å². The van der Waals surface area contributed by atoms with E-state index in [1.807, 2.05) is 36.5 Å². The first-order valence-corrected chi connectivity index (χ1v) is 13.0. The zero-order chi connectivity index (χ0) is 26.5. The molecule has 0 bridgehead atoms. The standard InChI is InChI=1S/C30H31FN4O3/c31-24-10-8-23(9-11-24)26(19-30(36)32-14-17-33-15-4-5-16-33)28-21-34(20-22-6-2-1-3-7-22)29-13-12-25(35(37)38)18-27(28)29/h1-3,6-13,18,21,26H,4-5,14-17,19-20H2,(H,32,36)/t26-/m1/s1. The van der Waals surface area contributed by atoms with Crippen LogP contribution in [0.25, 0.3) is 10.9 Å². The van der Waals surface area contributed by atoms with E-state index >= 15 is 0 Å². The van der Waals surface area contributed by atoms with Gasteiger partial charge in [0.25, 0.3) is 5.69 Å². The number of carbonyl (C=O) groups excluding carboxylic acids is 1. The highest BCUT2D eigenvalue weighted by molar-refractivity contribution is 5.88. The van der Waals surface area contributed by atoms with Gasteiger partial charge in [0.15, 0.2) is 0 Å². The zero-order valence-corrected chi connectivity index (χ0v) is 21.2. The molecule has 2 heterocycles. The number of fused-ring (bicyclic) bond motifs is 1. The van der Waals surface area contributed by atoms with Crippen LogP contribution in [-0.2, 0) is 11.3 Å². The van der Waals surface area contributed by atoms with Crippen LogP contribution in [-0.4, -0.2) is 46.5 Å². The molecule has 4 aromatic rings. The van der Waals surface area contributed by atoms with Crippen LogP contribution in [0.5, 0.6) is 0 Å². The van der Waals surface area contributed by atoms with Crippen molar-refractivity contribution < 1.29 is 14.1 Å². The Morgan fingerprint density at radius 3 is 2.47 bits per heavy atom. The fraction of sp³-hybridized carbons (Fsp3) is 0.300. The lowest BCUT2D eigenvalue weighted by molar-refractivity contribution is -0.384. The summed E-state index contributed by atoms with van der Waals surface area (Å²) in [6, 6.07) is 21.0. The predicted octanol–water partition coefficient (Wildman–Crippen LogP) is 5.47. The number of rotatable bonds is 10. The lowest BCUT2D eigenvalue weighted by Crippen LogP contribution is -2.34. The molecule has 0 aliphatic carbocycles. The molecule has 1 amide bonds. The molecule has 3 aromatic carbocycles. The molecule has 8 heteroatoms. The summed E-state index contributed by atoms with van der Waals surface area (Å²) in [6.07, 6.45) is 4.52. The second kappa shape index (κ2) is 11.6. The molecule has 38 heavy (non-hydrogen) atoms. The fourth-order valence-electron chi connectivity index (χ4n) is 5.33. The van der Waals surface area contributed by atoms with Crippen LogP contribution in [0.15, 0.2) is 79.0 Å². The molecule has 0 saturated carbocycles. The molecule has 1 N–H and O–H groups in total. The third-order valence-electron chi connectivity index (χ3n) is 7.29. The number of nitrogens with one attached hydrogen (secondary N) is 1. The van der Waals surface area contributed by atoms with Crippen LogP contribution >= 0.6 is 0 Å². The summed E-state index contributed by atoms with van der Waals surface area (Å²) in [5.41, 5.74) is 3.51. The van der Waals surface area contributed by atoms with E-state index in [-0.39, 0.29) is 23.8 Å². The van der Waals surface area contributed by atoms with Crippen molar-refractivity contribution in [3.63, 3.8) is 0 Å². The molecule has 0 unspecified atom stereocenters. The highest BCUT2D eigenvalue weighted by Crippen LogP contribution is 2.37. The van der Waals surface area contributed by atoms with Crippen LogP contribution in [0.1, 0.15) is 41.9 Å². The van der Waals surface area contributed by atoms with Crippen molar-refractivity contribution in [1.29, 1.82) is 0 Å². The van der Waals surface area contributed by atoms with E-state index in [4.69, 9.17) is 0 Å². The number of hydrogen-bond donors (Lipinski definition) is 1. The van der Waals surface area contributed by atoms with E-state index in [0.717, 1.165) is 41.8 Å². The average Bonchev–Trinajstić information content (AvgIpc) is 3.56. The van der Waals surface area contributed by atoms with Gasteiger partial charge in [-0.2, -0.15) is 0 Å². The Morgan fingerprint density at radius 2 is 1.76 bits per heavy atom. The Morgan fingerprint density at radius 1 is 1.03 bits per heavy atom. The first kappa shape index (κ1) is 25.6. The van der Waals surface area contributed by atoms with Gasteiger partial charge in [0.1, 0.15) is 5.82 Å². The number of hydrogen-bond acceptors (Lipinski definition) is 4. The van der Waals surface area contributed by atoms with Crippen LogP contribution in [0.4, 0.5) is 10.1 Å². The number of nitrogens with zero attached hydrogens (tertiary/aromatic N) is 3. The average molecular weight is 515 g/mol. The Labute approximate surface area is 221 Å². The van der Waals surface area contributed by atoms with Crippen LogP contribution in [0.2, 0.25) is 0 Å². The summed E-state index contributed by atoms with van der Waals surface area (Å²) in [5, 5.41) is 15.4. The van der Waals surface area contributed by atoms with E-state index in [1.54, 1.807) is 24.3 Å². The third kappa shape index (κ3) is 5.92. The second-order valence-corrected chi connectivity index (χ2v) is 9.86.